The second-order valence-corrected chi connectivity index (χ2v) is 6.16. The van der Waals surface area contributed by atoms with Gasteiger partial charge in [-0.2, -0.15) is 0 Å². The van der Waals surface area contributed by atoms with Crippen molar-refractivity contribution in [3.05, 3.63) is 44.5 Å². The highest BCUT2D eigenvalue weighted by molar-refractivity contribution is 7.07. The largest absolute Gasteiger partial charge is 0.325 e. The SMILES string of the molecule is Cc1cc(=O)[nH]c(C2(C)CCCN2C(=O)c2cscn2)n1. The van der Waals surface area contributed by atoms with Gasteiger partial charge in [-0.1, -0.05) is 0 Å². The number of H-pyrrole nitrogens is 1. The Morgan fingerprint density at radius 2 is 2.33 bits per heavy atom. The van der Waals surface area contributed by atoms with Crippen LogP contribution >= 0.6 is 11.3 Å². The molecule has 1 saturated heterocycles. The van der Waals surface area contributed by atoms with Crippen LogP contribution < -0.4 is 5.56 Å². The third kappa shape index (κ3) is 2.37. The number of aromatic amines is 1. The van der Waals surface area contributed by atoms with Crippen molar-refractivity contribution in [2.75, 3.05) is 6.54 Å². The fraction of sp³-hybridized carbons (Fsp3) is 0.429. The summed E-state index contributed by atoms with van der Waals surface area (Å²) in [4.78, 5) is 37.4. The van der Waals surface area contributed by atoms with E-state index in [1.807, 2.05) is 6.92 Å². The Kier molecular flexibility index (Phi) is 3.36. The van der Waals surface area contributed by atoms with E-state index >= 15 is 0 Å². The van der Waals surface area contributed by atoms with Gasteiger partial charge >= 0.3 is 0 Å². The Morgan fingerprint density at radius 3 is 3.00 bits per heavy atom. The first kappa shape index (κ1) is 13.9. The first-order chi connectivity index (χ1) is 10.0. The Morgan fingerprint density at radius 1 is 1.52 bits per heavy atom. The Bertz CT molecular complexity index is 725. The van der Waals surface area contributed by atoms with E-state index in [0.717, 1.165) is 12.8 Å². The van der Waals surface area contributed by atoms with E-state index in [9.17, 15) is 9.59 Å². The molecule has 0 bridgehead atoms. The van der Waals surface area contributed by atoms with Crippen LogP contribution in [0.5, 0.6) is 0 Å². The molecule has 1 N–H and O–H groups in total. The molecule has 0 spiro atoms. The standard InChI is InChI=1S/C14H16N4O2S/c1-9-6-11(19)17-13(16-9)14(2)4-3-5-18(14)12(20)10-7-21-8-15-10/h6-8H,3-5H2,1-2H3,(H,16,17,19). The van der Waals surface area contributed by atoms with Gasteiger partial charge in [0.25, 0.3) is 11.5 Å². The maximum absolute atomic E-state index is 12.6. The normalized spacial score (nSPS) is 21.7. The van der Waals surface area contributed by atoms with Crippen LogP contribution in [0.15, 0.2) is 21.8 Å². The summed E-state index contributed by atoms with van der Waals surface area (Å²) in [5, 5.41) is 1.74. The number of thiazole rings is 1. The lowest BCUT2D eigenvalue weighted by Gasteiger charge is -2.33. The zero-order chi connectivity index (χ0) is 15.0. The van der Waals surface area contributed by atoms with Gasteiger partial charge in [0.2, 0.25) is 0 Å². The van der Waals surface area contributed by atoms with Crippen LogP contribution in [0.1, 0.15) is 41.8 Å². The maximum Gasteiger partial charge on any atom is 0.274 e. The molecule has 3 heterocycles. The van der Waals surface area contributed by atoms with E-state index in [4.69, 9.17) is 0 Å². The molecule has 3 rings (SSSR count). The molecule has 1 amide bonds. The van der Waals surface area contributed by atoms with E-state index in [1.165, 1.54) is 17.4 Å². The fourth-order valence-electron chi connectivity index (χ4n) is 2.83. The zero-order valence-corrected chi connectivity index (χ0v) is 12.7. The van der Waals surface area contributed by atoms with Gasteiger partial charge < -0.3 is 9.88 Å². The highest BCUT2D eigenvalue weighted by Crippen LogP contribution is 2.37. The number of nitrogens with one attached hydrogen (secondary N) is 1. The summed E-state index contributed by atoms with van der Waals surface area (Å²) in [5.74, 6) is 0.439. The molecule has 1 fully saturated rings. The molecule has 2 aromatic rings. The molecular weight excluding hydrogens is 288 g/mol. The molecule has 1 aliphatic rings. The van der Waals surface area contributed by atoms with Gasteiger partial charge in [0, 0.05) is 23.7 Å². The predicted octanol–water partition coefficient (Wildman–Crippen LogP) is 1.69. The van der Waals surface area contributed by atoms with Gasteiger partial charge in [-0.15, -0.1) is 11.3 Å². The van der Waals surface area contributed by atoms with Crippen molar-refractivity contribution >= 4 is 17.2 Å². The maximum atomic E-state index is 12.6. The first-order valence-corrected chi connectivity index (χ1v) is 7.73. The summed E-state index contributed by atoms with van der Waals surface area (Å²) in [5.41, 5.74) is 1.97. The van der Waals surface area contributed by atoms with E-state index in [2.05, 4.69) is 15.0 Å². The monoisotopic (exact) mass is 304 g/mol. The van der Waals surface area contributed by atoms with Crippen LogP contribution in [0, 0.1) is 6.92 Å². The number of carbonyl (C=O) groups excluding carboxylic acids is 1. The smallest absolute Gasteiger partial charge is 0.274 e. The van der Waals surface area contributed by atoms with E-state index in [0.29, 0.717) is 23.8 Å². The molecule has 2 aromatic heterocycles. The number of hydrogen-bond donors (Lipinski definition) is 1. The average molecular weight is 304 g/mol. The summed E-state index contributed by atoms with van der Waals surface area (Å²) in [6, 6.07) is 1.45. The van der Waals surface area contributed by atoms with Gasteiger partial charge in [0.15, 0.2) is 0 Å². The molecule has 0 saturated carbocycles. The zero-order valence-electron chi connectivity index (χ0n) is 11.9. The number of carbonyl (C=O) groups is 1. The average Bonchev–Trinajstić information content (AvgIpc) is 3.06. The summed E-state index contributed by atoms with van der Waals surface area (Å²) >= 11 is 1.40. The highest BCUT2D eigenvalue weighted by Gasteiger charge is 2.43. The number of rotatable bonds is 2. The van der Waals surface area contributed by atoms with Gasteiger partial charge in [-0.25, -0.2) is 9.97 Å². The van der Waals surface area contributed by atoms with Gasteiger partial charge in [-0.3, -0.25) is 9.59 Å². The van der Waals surface area contributed by atoms with Gasteiger partial charge in [0.05, 0.1) is 11.0 Å². The van der Waals surface area contributed by atoms with Crippen molar-refractivity contribution in [3.63, 3.8) is 0 Å². The van der Waals surface area contributed by atoms with Crippen molar-refractivity contribution in [2.24, 2.45) is 0 Å². The topological polar surface area (TPSA) is 79.0 Å². The molecule has 1 aliphatic heterocycles. The molecule has 0 radical (unpaired) electrons. The molecule has 7 heteroatoms. The Balaban J connectivity index is 2.02. The third-order valence-corrected chi connectivity index (χ3v) is 4.50. The number of aryl methyl sites for hydroxylation is 1. The van der Waals surface area contributed by atoms with Crippen LogP contribution in [-0.4, -0.2) is 32.3 Å². The third-order valence-electron chi connectivity index (χ3n) is 3.92. The number of hydrogen-bond acceptors (Lipinski definition) is 5. The molecular formula is C14H16N4O2S. The molecule has 0 aliphatic carbocycles. The van der Waals surface area contributed by atoms with Crippen LogP contribution in [0.2, 0.25) is 0 Å². The minimum absolute atomic E-state index is 0.111. The molecule has 1 atom stereocenters. The summed E-state index contributed by atoms with van der Waals surface area (Å²) < 4.78 is 0. The Labute approximate surface area is 125 Å². The summed E-state index contributed by atoms with van der Waals surface area (Å²) in [7, 11) is 0. The van der Waals surface area contributed by atoms with Gasteiger partial charge in [0.1, 0.15) is 11.5 Å². The van der Waals surface area contributed by atoms with E-state index in [1.54, 1.807) is 22.7 Å². The van der Waals surface area contributed by atoms with Crippen LogP contribution in [0.25, 0.3) is 0 Å². The second-order valence-electron chi connectivity index (χ2n) is 5.44. The van der Waals surface area contributed by atoms with E-state index in [-0.39, 0.29) is 11.5 Å². The molecule has 110 valence electrons. The quantitative estimate of drug-likeness (QED) is 0.915. The lowest BCUT2D eigenvalue weighted by Crippen LogP contribution is -2.45. The first-order valence-electron chi connectivity index (χ1n) is 6.79. The summed E-state index contributed by atoms with van der Waals surface area (Å²) in [6.45, 7) is 4.37. The molecule has 21 heavy (non-hydrogen) atoms. The minimum Gasteiger partial charge on any atom is -0.325 e. The second kappa shape index (κ2) is 5.07. The number of aromatic nitrogens is 3. The highest BCUT2D eigenvalue weighted by atomic mass is 32.1. The van der Waals surface area contributed by atoms with Crippen LogP contribution in [0.3, 0.4) is 0 Å². The van der Waals surface area contributed by atoms with Crippen molar-refractivity contribution in [1.29, 1.82) is 0 Å². The van der Waals surface area contributed by atoms with Crippen LogP contribution in [0.4, 0.5) is 0 Å². The summed E-state index contributed by atoms with van der Waals surface area (Å²) in [6.07, 6.45) is 1.65. The Hall–Kier alpha value is -2.02. The molecule has 0 aromatic carbocycles. The van der Waals surface area contributed by atoms with Crippen molar-refractivity contribution < 1.29 is 4.79 Å². The lowest BCUT2D eigenvalue weighted by atomic mass is 9.97. The lowest BCUT2D eigenvalue weighted by molar-refractivity contribution is 0.0598. The molecule has 1 unspecified atom stereocenters. The van der Waals surface area contributed by atoms with Crippen molar-refractivity contribution in [1.82, 2.24) is 19.9 Å². The van der Waals surface area contributed by atoms with Gasteiger partial charge in [-0.05, 0) is 26.7 Å². The van der Waals surface area contributed by atoms with E-state index < -0.39 is 5.54 Å². The number of amides is 1. The predicted molar refractivity (Wildman–Crippen MR) is 79.3 cm³/mol. The molecule has 6 nitrogen and oxygen atoms in total. The van der Waals surface area contributed by atoms with Crippen LogP contribution in [-0.2, 0) is 5.54 Å². The van der Waals surface area contributed by atoms with Crippen molar-refractivity contribution in [3.8, 4) is 0 Å². The number of likely N-dealkylation sites (tertiary alicyclic amines) is 1. The minimum atomic E-state index is -0.591. The number of nitrogens with zero attached hydrogens (tertiary/aromatic N) is 3. The van der Waals surface area contributed by atoms with Crippen molar-refractivity contribution in [2.45, 2.75) is 32.2 Å². The fourth-order valence-corrected chi connectivity index (χ4v) is 3.35.